The molecular formula is C16H19NO. The lowest BCUT2D eigenvalue weighted by Crippen LogP contribution is -1.98. The van der Waals surface area contributed by atoms with Gasteiger partial charge in [0.05, 0.1) is 6.61 Å². The van der Waals surface area contributed by atoms with Crippen molar-refractivity contribution in [2.75, 3.05) is 6.61 Å². The van der Waals surface area contributed by atoms with Gasteiger partial charge in [0.2, 0.25) is 0 Å². The van der Waals surface area contributed by atoms with E-state index in [-0.39, 0.29) is 6.10 Å². The van der Waals surface area contributed by atoms with Crippen LogP contribution in [0, 0.1) is 0 Å². The fourth-order valence-electron chi connectivity index (χ4n) is 2.59. The molecule has 94 valence electrons. The molecule has 2 heterocycles. The maximum Gasteiger partial charge on any atom is 0.106 e. The molecule has 0 saturated carbocycles. The summed E-state index contributed by atoms with van der Waals surface area (Å²) in [5.41, 5.74) is 5.14. The van der Waals surface area contributed by atoms with E-state index in [0.717, 1.165) is 6.61 Å². The van der Waals surface area contributed by atoms with Crippen LogP contribution in [0.1, 0.15) is 43.9 Å². The summed E-state index contributed by atoms with van der Waals surface area (Å²) in [6, 6.07) is 6.68. The van der Waals surface area contributed by atoms with Gasteiger partial charge in [-0.25, -0.2) is 0 Å². The molecule has 0 saturated heterocycles. The Bertz CT molecular complexity index is 607. The molecular weight excluding hydrogens is 222 g/mol. The van der Waals surface area contributed by atoms with Gasteiger partial charge in [-0.1, -0.05) is 32.1 Å². The third kappa shape index (κ3) is 1.77. The molecule has 1 aliphatic heterocycles. The van der Waals surface area contributed by atoms with E-state index in [1.807, 2.05) is 0 Å². The maximum absolute atomic E-state index is 5.78. The van der Waals surface area contributed by atoms with Crippen molar-refractivity contribution in [1.82, 2.24) is 4.98 Å². The minimum absolute atomic E-state index is 0.128. The Kier molecular flexibility index (Phi) is 2.75. The largest absolute Gasteiger partial charge is 0.365 e. The Morgan fingerprint density at radius 2 is 2.17 bits per heavy atom. The molecule has 0 amide bonds. The minimum atomic E-state index is 0.128. The number of H-pyrrole nitrogens is 1. The van der Waals surface area contributed by atoms with Crippen molar-refractivity contribution < 1.29 is 4.74 Å². The summed E-state index contributed by atoms with van der Waals surface area (Å²) in [5, 5.41) is 1.28. The average Bonchev–Trinajstić information content (AvgIpc) is 2.93. The quantitative estimate of drug-likeness (QED) is 0.779. The van der Waals surface area contributed by atoms with Crippen molar-refractivity contribution >= 4 is 10.9 Å². The summed E-state index contributed by atoms with van der Waals surface area (Å²) >= 11 is 0. The molecule has 18 heavy (non-hydrogen) atoms. The van der Waals surface area contributed by atoms with Crippen LogP contribution in [0.15, 0.2) is 36.0 Å². The van der Waals surface area contributed by atoms with Gasteiger partial charge in [0, 0.05) is 22.7 Å². The van der Waals surface area contributed by atoms with Crippen LogP contribution in [0.4, 0.5) is 0 Å². The number of rotatable bonds is 2. The number of hydrogen-bond acceptors (Lipinski definition) is 1. The Morgan fingerprint density at radius 1 is 1.33 bits per heavy atom. The van der Waals surface area contributed by atoms with Gasteiger partial charge in [-0.15, -0.1) is 0 Å². The molecule has 0 fully saturated rings. The molecule has 1 aromatic heterocycles. The topological polar surface area (TPSA) is 25.0 Å². The molecule has 1 atom stereocenters. The number of hydrogen-bond donors (Lipinski definition) is 1. The van der Waals surface area contributed by atoms with Gasteiger partial charge in [-0.05, 0) is 30.0 Å². The molecule has 2 nitrogen and oxygen atoms in total. The highest BCUT2D eigenvalue weighted by atomic mass is 16.5. The van der Waals surface area contributed by atoms with E-state index >= 15 is 0 Å². The van der Waals surface area contributed by atoms with E-state index in [4.69, 9.17) is 4.74 Å². The van der Waals surface area contributed by atoms with Gasteiger partial charge in [-0.2, -0.15) is 0 Å². The lowest BCUT2D eigenvalue weighted by molar-refractivity contribution is 0.124. The molecule has 0 aliphatic carbocycles. The zero-order valence-electron chi connectivity index (χ0n) is 11.2. The third-order valence-corrected chi connectivity index (χ3v) is 3.77. The van der Waals surface area contributed by atoms with Gasteiger partial charge < -0.3 is 9.72 Å². The fourth-order valence-corrected chi connectivity index (χ4v) is 2.59. The zero-order valence-corrected chi connectivity index (χ0v) is 11.2. The highest BCUT2D eigenvalue weighted by Gasteiger charge is 2.21. The highest BCUT2D eigenvalue weighted by molar-refractivity contribution is 5.84. The molecule has 2 heteroatoms. The third-order valence-electron chi connectivity index (χ3n) is 3.77. The van der Waals surface area contributed by atoms with Gasteiger partial charge in [-0.3, -0.25) is 0 Å². The first kappa shape index (κ1) is 11.5. The van der Waals surface area contributed by atoms with Crippen molar-refractivity contribution in [1.29, 1.82) is 0 Å². The van der Waals surface area contributed by atoms with Crippen LogP contribution >= 0.6 is 0 Å². The lowest BCUT2D eigenvalue weighted by Gasteiger charge is -2.11. The van der Waals surface area contributed by atoms with Crippen molar-refractivity contribution in [3.8, 4) is 0 Å². The predicted molar refractivity (Wildman–Crippen MR) is 74.8 cm³/mol. The van der Waals surface area contributed by atoms with Crippen molar-refractivity contribution in [3.63, 3.8) is 0 Å². The Morgan fingerprint density at radius 3 is 2.83 bits per heavy atom. The summed E-state index contributed by atoms with van der Waals surface area (Å²) in [7, 11) is 0. The molecule has 1 N–H and O–H groups in total. The summed E-state index contributed by atoms with van der Waals surface area (Å²) in [5.74, 6) is 0.561. The molecule has 2 aromatic rings. The molecule has 0 radical (unpaired) electrons. The minimum Gasteiger partial charge on any atom is -0.365 e. The van der Waals surface area contributed by atoms with Crippen LogP contribution in [0.25, 0.3) is 10.9 Å². The van der Waals surface area contributed by atoms with Crippen molar-refractivity contribution in [2.24, 2.45) is 0 Å². The van der Waals surface area contributed by atoms with E-state index < -0.39 is 0 Å². The maximum atomic E-state index is 5.78. The molecule has 0 bridgehead atoms. The smallest absolute Gasteiger partial charge is 0.106 e. The van der Waals surface area contributed by atoms with Crippen LogP contribution in [0.3, 0.4) is 0 Å². The Labute approximate surface area is 108 Å². The zero-order chi connectivity index (χ0) is 12.7. The van der Waals surface area contributed by atoms with Gasteiger partial charge in [0.1, 0.15) is 6.10 Å². The standard InChI is InChI=1S/C16H19NO/c1-10(2)12-4-5-13-14(9-17-15(13)8-12)16-11(3)6-7-18-16/h4-6,8-10,16-17H,7H2,1-3H3. The number of fused-ring (bicyclic) bond motifs is 1. The first-order valence-corrected chi connectivity index (χ1v) is 6.56. The molecule has 1 unspecified atom stereocenters. The van der Waals surface area contributed by atoms with E-state index in [2.05, 4.69) is 56.2 Å². The Balaban J connectivity index is 2.07. The summed E-state index contributed by atoms with van der Waals surface area (Å²) in [4.78, 5) is 3.37. The predicted octanol–water partition coefficient (Wildman–Crippen LogP) is 4.31. The first-order valence-electron chi connectivity index (χ1n) is 6.56. The van der Waals surface area contributed by atoms with Crippen molar-refractivity contribution in [2.45, 2.75) is 32.8 Å². The summed E-state index contributed by atoms with van der Waals surface area (Å²) < 4.78 is 5.78. The second-order valence-electron chi connectivity index (χ2n) is 5.37. The van der Waals surface area contributed by atoms with E-state index in [9.17, 15) is 0 Å². The van der Waals surface area contributed by atoms with Gasteiger partial charge in [0.25, 0.3) is 0 Å². The summed E-state index contributed by atoms with van der Waals surface area (Å²) in [6.07, 6.45) is 4.37. The number of nitrogens with one attached hydrogen (secondary N) is 1. The Hall–Kier alpha value is -1.54. The van der Waals surface area contributed by atoms with Crippen LogP contribution < -0.4 is 0 Å². The molecule has 3 rings (SSSR count). The van der Waals surface area contributed by atoms with E-state index in [0.29, 0.717) is 5.92 Å². The second-order valence-corrected chi connectivity index (χ2v) is 5.37. The second kappa shape index (κ2) is 4.29. The van der Waals surface area contributed by atoms with Crippen LogP contribution in [-0.4, -0.2) is 11.6 Å². The summed E-state index contributed by atoms with van der Waals surface area (Å²) in [6.45, 7) is 7.31. The SMILES string of the molecule is CC1=CCOC1c1c[nH]c2cc(C(C)C)ccc12. The molecule has 1 aromatic carbocycles. The normalized spacial score (nSPS) is 19.8. The van der Waals surface area contributed by atoms with E-state index in [1.165, 1.54) is 27.6 Å². The van der Waals surface area contributed by atoms with Crippen LogP contribution in [0.2, 0.25) is 0 Å². The number of ether oxygens (including phenoxy) is 1. The highest BCUT2D eigenvalue weighted by Crippen LogP contribution is 2.35. The molecule has 1 aliphatic rings. The van der Waals surface area contributed by atoms with E-state index in [1.54, 1.807) is 0 Å². The monoisotopic (exact) mass is 241 g/mol. The van der Waals surface area contributed by atoms with Gasteiger partial charge >= 0.3 is 0 Å². The number of benzene rings is 1. The molecule has 0 spiro atoms. The van der Waals surface area contributed by atoms with Gasteiger partial charge in [0.15, 0.2) is 0 Å². The number of aromatic amines is 1. The van der Waals surface area contributed by atoms with Crippen LogP contribution in [0.5, 0.6) is 0 Å². The number of aromatic nitrogens is 1. The lowest BCUT2D eigenvalue weighted by atomic mass is 9.99. The van der Waals surface area contributed by atoms with Crippen LogP contribution in [-0.2, 0) is 4.74 Å². The fraction of sp³-hybridized carbons (Fsp3) is 0.375. The van der Waals surface area contributed by atoms with Crippen molar-refractivity contribution in [3.05, 3.63) is 47.2 Å². The first-order chi connectivity index (χ1) is 8.66. The average molecular weight is 241 g/mol.